The van der Waals surface area contributed by atoms with Gasteiger partial charge < -0.3 is 20.2 Å². The maximum Gasteiger partial charge on any atom is 0.352 e. The Bertz CT molecular complexity index is 413. The summed E-state index contributed by atoms with van der Waals surface area (Å²) in [5, 5.41) is 16.7. The SMILES string of the molecule is O=C(O)c1ccc(C(=O)O)[nH]1.c1cc[nH]c1. The van der Waals surface area contributed by atoms with Gasteiger partial charge in [-0.05, 0) is 24.3 Å². The molecule has 0 unspecified atom stereocenters. The summed E-state index contributed by atoms with van der Waals surface area (Å²) in [5.74, 6) is -2.34. The Hall–Kier alpha value is -2.50. The minimum absolute atomic E-state index is 0.123. The Kier molecular flexibility index (Phi) is 3.90. The number of hydrogen-bond acceptors (Lipinski definition) is 2. The molecule has 0 saturated carbocycles. The zero-order valence-corrected chi connectivity index (χ0v) is 8.18. The second-order valence-electron chi connectivity index (χ2n) is 2.78. The van der Waals surface area contributed by atoms with Crippen LogP contribution in [0.25, 0.3) is 0 Å². The second-order valence-corrected chi connectivity index (χ2v) is 2.78. The van der Waals surface area contributed by atoms with Gasteiger partial charge in [0.15, 0.2) is 0 Å². The van der Waals surface area contributed by atoms with Gasteiger partial charge in [0.2, 0.25) is 0 Å². The van der Waals surface area contributed by atoms with Crippen molar-refractivity contribution in [1.29, 1.82) is 0 Å². The number of nitrogens with one attached hydrogen (secondary N) is 2. The Labute approximate surface area is 90.6 Å². The minimum Gasteiger partial charge on any atom is -0.477 e. The topological polar surface area (TPSA) is 106 Å². The summed E-state index contributed by atoms with van der Waals surface area (Å²) in [6.07, 6.45) is 3.75. The van der Waals surface area contributed by atoms with E-state index in [1.807, 2.05) is 24.5 Å². The van der Waals surface area contributed by atoms with E-state index in [2.05, 4.69) is 9.97 Å². The quantitative estimate of drug-likeness (QED) is 0.616. The second kappa shape index (κ2) is 5.40. The van der Waals surface area contributed by atoms with E-state index in [-0.39, 0.29) is 11.4 Å². The zero-order chi connectivity index (χ0) is 12.0. The number of aromatic nitrogens is 2. The van der Waals surface area contributed by atoms with Gasteiger partial charge in [0, 0.05) is 12.4 Å². The molecule has 2 heterocycles. The molecule has 0 spiro atoms. The summed E-state index contributed by atoms with van der Waals surface area (Å²) in [6.45, 7) is 0. The van der Waals surface area contributed by atoms with Crippen LogP contribution in [-0.2, 0) is 0 Å². The number of rotatable bonds is 2. The van der Waals surface area contributed by atoms with Gasteiger partial charge in [-0.2, -0.15) is 0 Å². The van der Waals surface area contributed by atoms with Crippen molar-refractivity contribution < 1.29 is 19.8 Å². The van der Waals surface area contributed by atoms with E-state index in [9.17, 15) is 9.59 Å². The highest BCUT2D eigenvalue weighted by molar-refractivity contribution is 5.90. The number of carbonyl (C=O) groups is 2. The van der Waals surface area contributed by atoms with Crippen LogP contribution >= 0.6 is 0 Å². The van der Waals surface area contributed by atoms with Crippen LogP contribution in [0.3, 0.4) is 0 Å². The lowest BCUT2D eigenvalue weighted by Crippen LogP contribution is -2.00. The van der Waals surface area contributed by atoms with Gasteiger partial charge in [-0.1, -0.05) is 0 Å². The third kappa shape index (κ3) is 3.33. The average molecular weight is 222 g/mol. The van der Waals surface area contributed by atoms with Crippen molar-refractivity contribution in [3.8, 4) is 0 Å². The highest BCUT2D eigenvalue weighted by Crippen LogP contribution is 2.00. The van der Waals surface area contributed by atoms with Crippen molar-refractivity contribution in [3.63, 3.8) is 0 Å². The van der Waals surface area contributed by atoms with Crippen molar-refractivity contribution >= 4 is 11.9 Å². The molecule has 0 aliphatic carbocycles. The fraction of sp³-hybridized carbons (Fsp3) is 0. The molecule has 0 bridgehead atoms. The standard InChI is InChI=1S/C6H5NO4.C4H5N/c8-5(9)3-1-2-4(7-3)6(10)11;1-2-4-5-3-1/h1-2,7H,(H,8,9)(H,10,11);1-5H. The number of carboxylic acid groups (broad SMARTS) is 2. The van der Waals surface area contributed by atoms with Crippen LogP contribution in [0.15, 0.2) is 36.7 Å². The lowest BCUT2D eigenvalue weighted by Gasteiger charge is -1.86. The van der Waals surface area contributed by atoms with Crippen LogP contribution in [-0.4, -0.2) is 32.1 Å². The van der Waals surface area contributed by atoms with Gasteiger partial charge in [0.05, 0.1) is 0 Å². The Balaban J connectivity index is 0.000000212. The van der Waals surface area contributed by atoms with E-state index in [0.29, 0.717) is 0 Å². The van der Waals surface area contributed by atoms with Gasteiger partial charge in [-0.25, -0.2) is 9.59 Å². The molecule has 0 amide bonds. The summed E-state index contributed by atoms with van der Waals surface area (Å²) in [7, 11) is 0. The van der Waals surface area contributed by atoms with Crippen molar-refractivity contribution in [2.24, 2.45) is 0 Å². The highest BCUT2D eigenvalue weighted by Gasteiger charge is 2.09. The molecule has 0 fully saturated rings. The molecule has 0 aliphatic heterocycles. The van der Waals surface area contributed by atoms with Gasteiger partial charge in [-0.15, -0.1) is 0 Å². The van der Waals surface area contributed by atoms with E-state index in [0.717, 1.165) is 0 Å². The average Bonchev–Trinajstić information content (AvgIpc) is 2.93. The molecule has 0 radical (unpaired) electrons. The lowest BCUT2D eigenvalue weighted by atomic mass is 10.4. The normalized spacial score (nSPS) is 9.00. The van der Waals surface area contributed by atoms with Crippen LogP contribution in [0.5, 0.6) is 0 Å². The third-order valence-corrected chi connectivity index (χ3v) is 1.64. The Morgan fingerprint density at radius 1 is 0.938 bits per heavy atom. The number of hydrogen-bond donors (Lipinski definition) is 4. The fourth-order valence-corrected chi connectivity index (χ4v) is 0.922. The molecule has 16 heavy (non-hydrogen) atoms. The first-order valence-corrected chi connectivity index (χ1v) is 4.34. The molecule has 0 aromatic carbocycles. The van der Waals surface area contributed by atoms with E-state index in [1.165, 1.54) is 12.1 Å². The van der Waals surface area contributed by atoms with Gasteiger partial charge in [-0.3, -0.25) is 0 Å². The maximum atomic E-state index is 10.2. The monoisotopic (exact) mass is 222 g/mol. The molecule has 0 aliphatic rings. The molecule has 4 N–H and O–H groups in total. The molecular formula is C10H10N2O4. The smallest absolute Gasteiger partial charge is 0.352 e. The number of aromatic carboxylic acids is 2. The van der Waals surface area contributed by atoms with Crippen molar-refractivity contribution in [2.45, 2.75) is 0 Å². The van der Waals surface area contributed by atoms with Crippen molar-refractivity contribution in [3.05, 3.63) is 48.0 Å². The van der Waals surface area contributed by atoms with Crippen LogP contribution in [0.1, 0.15) is 21.0 Å². The van der Waals surface area contributed by atoms with E-state index in [4.69, 9.17) is 10.2 Å². The fourth-order valence-electron chi connectivity index (χ4n) is 0.922. The predicted molar refractivity (Wildman–Crippen MR) is 55.5 cm³/mol. The summed E-state index contributed by atoms with van der Waals surface area (Å²) in [4.78, 5) is 25.5. The molecule has 6 nitrogen and oxygen atoms in total. The summed E-state index contributed by atoms with van der Waals surface area (Å²) in [5.41, 5.74) is -0.246. The van der Waals surface area contributed by atoms with Crippen LogP contribution < -0.4 is 0 Å². The first-order chi connectivity index (χ1) is 7.61. The van der Waals surface area contributed by atoms with Crippen molar-refractivity contribution in [1.82, 2.24) is 9.97 Å². The summed E-state index contributed by atoms with van der Waals surface area (Å²) >= 11 is 0. The molecule has 2 rings (SSSR count). The third-order valence-electron chi connectivity index (χ3n) is 1.64. The number of H-pyrrole nitrogens is 2. The lowest BCUT2D eigenvalue weighted by molar-refractivity contribution is 0.0689. The van der Waals surface area contributed by atoms with E-state index >= 15 is 0 Å². The van der Waals surface area contributed by atoms with Gasteiger partial charge in [0.1, 0.15) is 11.4 Å². The van der Waals surface area contributed by atoms with E-state index in [1.54, 1.807) is 0 Å². The molecule has 84 valence electrons. The van der Waals surface area contributed by atoms with Crippen LogP contribution in [0.4, 0.5) is 0 Å². The maximum absolute atomic E-state index is 10.2. The number of aromatic amines is 2. The van der Waals surface area contributed by atoms with Crippen LogP contribution in [0, 0.1) is 0 Å². The van der Waals surface area contributed by atoms with Crippen LogP contribution in [0.2, 0.25) is 0 Å². The molecule has 2 aromatic heterocycles. The van der Waals surface area contributed by atoms with E-state index < -0.39 is 11.9 Å². The Morgan fingerprint density at radius 2 is 1.38 bits per heavy atom. The molecular weight excluding hydrogens is 212 g/mol. The van der Waals surface area contributed by atoms with Crippen molar-refractivity contribution in [2.75, 3.05) is 0 Å². The number of carboxylic acids is 2. The van der Waals surface area contributed by atoms with Gasteiger partial charge >= 0.3 is 11.9 Å². The summed E-state index contributed by atoms with van der Waals surface area (Å²) in [6, 6.07) is 6.29. The zero-order valence-electron chi connectivity index (χ0n) is 8.18. The summed E-state index contributed by atoms with van der Waals surface area (Å²) < 4.78 is 0. The molecule has 0 atom stereocenters. The first kappa shape index (κ1) is 11.6. The highest BCUT2D eigenvalue weighted by atomic mass is 16.4. The largest absolute Gasteiger partial charge is 0.477 e. The minimum atomic E-state index is -1.17. The molecule has 0 saturated heterocycles. The van der Waals surface area contributed by atoms with Gasteiger partial charge in [0.25, 0.3) is 0 Å². The molecule has 2 aromatic rings. The Morgan fingerprint density at radius 3 is 1.56 bits per heavy atom. The molecule has 6 heteroatoms. The predicted octanol–water partition coefficient (Wildman–Crippen LogP) is 1.43. The first-order valence-electron chi connectivity index (χ1n) is 4.34.